The topological polar surface area (TPSA) is 60.9 Å². The summed E-state index contributed by atoms with van der Waals surface area (Å²) in [6.07, 6.45) is 3.86. The number of sulfonamides is 1. The van der Waals surface area contributed by atoms with Crippen LogP contribution in [0, 0.1) is 10.8 Å². The number of amides is 1. The van der Waals surface area contributed by atoms with E-state index in [0.29, 0.717) is 19.6 Å². The number of hydrogen-bond acceptors (Lipinski definition) is 5. The molecule has 3 aliphatic heterocycles. The molecule has 0 N–H and O–H groups in total. The van der Waals surface area contributed by atoms with E-state index in [9.17, 15) is 13.2 Å². The molecule has 1 amide bonds. The molecule has 0 radical (unpaired) electrons. The molecular weight excluding hydrogens is 382 g/mol. The van der Waals surface area contributed by atoms with Crippen LogP contribution in [0.15, 0.2) is 16.8 Å². The van der Waals surface area contributed by atoms with Gasteiger partial charge < -0.3 is 4.90 Å². The fraction of sp³-hybridized carbons (Fsp3) is 0.737. The monoisotopic (exact) mass is 411 g/mol. The number of hydrogen-bond donors (Lipinski definition) is 0. The van der Waals surface area contributed by atoms with Crippen LogP contribution in [0.25, 0.3) is 0 Å². The first-order valence-corrected chi connectivity index (χ1v) is 12.6. The third-order valence-electron chi connectivity index (χ3n) is 7.10. The lowest BCUT2D eigenvalue weighted by molar-refractivity contribution is -0.142. The van der Waals surface area contributed by atoms with Crippen molar-refractivity contribution in [3.8, 4) is 0 Å². The van der Waals surface area contributed by atoms with Crippen molar-refractivity contribution in [1.29, 1.82) is 0 Å². The Morgan fingerprint density at radius 2 is 1.89 bits per heavy atom. The quantitative estimate of drug-likeness (QED) is 0.759. The van der Waals surface area contributed by atoms with Gasteiger partial charge in [0.25, 0.3) is 0 Å². The zero-order valence-corrected chi connectivity index (χ0v) is 17.8. The fourth-order valence-electron chi connectivity index (χ4n) is 5.44. The van der Waals surface area contributed by atoms with Gasteiger partial charge in [-0.1, -0.05) is 0 Å². The smallest absolute Gasteiger partial charge is 0.230 e. The van der Waals surface area contributed by atoms with Crippen molar-refractivity contribution in [2.75, 3.05) is 45.5 Å². The molecule has 0 unspecified atom stereocenters. The van der Waals surface area contributed by atoms with Crippen molar-refractivity contribution in [3.05, 3.63) is 22.4 Å². The van der Waals surface area contributed by atoms with E-state index >= 15 is 0 Å². The lowest BCUT2D eigenvalue weighted by Gasteiger charge is -2.47. The highest BCUT2D eigenvalue weighted by Gasteiger charge is 2.66. The van der Waals surface area contributed by atoms with Crippen LogP contribution < -0.4 is 0 Å². The van der Waals surface area contributed by atoms with E-state index in [-0.39, 0.29) is 11.3 Å². The van der Waals surface area contributed by atoms with Crippen molar-refractivity contribution in [3.63, 3.8) is 0 Å². The molecule has 4 heterocycles. The minimum atomic E-state index is -3.29. The fourth-order valence-corrected chi connectivity index (χ4v) is 7.04. The Morgan fingerprint density at radius 1 is 1.15 bits per heavy atom. The Balaban J connectivity index is 1.58. The Morgan fingerprint density at radius 3 is 2.44 bits per heavy atom. The molecule has 150 valence electrons. The number of likely N-dealkylation sites (tertiary alicyclic amines) is 2. The number of carbonyl (C=O) groups excluding carboxylic acids is 1. The number of thiophene rings is 1. The van der Waals surface area contributed by atoms with Gasteiger partial charge in [0.1, 0.15) is 0 Å². The van der Waals surface area contributed by atoms with E-state index in [0.717, 1.165) is 45.4 Å². The Bertz CT molecular complexity index is 800. The van der Waals surface area contributed by atoms with Gasteiger partial charge in [-0.15, -0.1) is 0 Å². The van der Waals surface area contributed by atoms with E-state index in [1.807, 2.05) is 11.8 Å². The molecule has 6 nitrogen and oxygen atoms in total. The van der Waals surface area contributed by atoms with Crippen molar-refractivity contribution in [2.45, 2.75) is 32.7 Å². The van der Waals surface area contributed by atoms with Crippen LogP contribution in [0.3, 0.4) is 0 Å². The zero-order chi connectivity index (χ0) is 19.3. The van der Waals surface area contributed by atoms with Crippen LogP contribution in [0.5, 0.6) is 0 Å². The standard InChI is InChI=1S/C19H29N3O3S2/c1-3-21-10-7-19(17(21)23)15-22(27(2,24)25)14-18(19)5-8-20(9-6-18)12-16-4-11-26-13-16/h4,11,13H,3,5-10,12,14-15H2,1-2H3/t19-/m1/s1. The lowest BCUT2D eigenvalue weighted by atomic mass is 9.60. The zero-order valence-electron chi connectivity index (χ0n) is 16.2. The van der Waals surface area contributed by atoms with Crippen LogP contribution in [-0.2, 0) is 21.4 Å². The summed E-state index contributed by atoms with van der Waals surface area (Å²) in [7, 11) is -3.29. The van der Waals surface area contributed by atoms with Crippen LogP contribution in [-0.4, -0.2) is 74.0 Å². The average molecular weight is 412 g/mol. The van der Waals surface area contributed by atoms with E-state index in [4.69, 9.17) is 0 Å². The Hall–Kier alpha value is -0.960. The van der Waals surface area contributed by atoms with E-state index in [1.54, 1.807) is 15.6 Å². The molecule has 8 heteroatoms. The van der Waals surface area contributed by atoms with Crippen molar-refractivity contribution >= 4 is 27.3 Å². The molecule has 3 aliphatic rings. The highest BCUT2D eigenvalue weighted by atomic mass is 32.2. The summed E-state index contributed by atoms with van der Waals surface area (Å²) in [6.45, 7) is 7.14. The summed E-state index contributed by atoms with van der Waals surface area (Å²) in [5, 5.41) is 4.29. The molecule has 2 spiro atoms. The maximum absolute atomic E-state index is 13.3. The SMILES string of the molecule is CCN1CC[C@@]2(CN(S(C)(=O)=O)CC23CCN(Cc2ccsc2)CC3)C1=O. The summed E-state index contributed by atoms with van der Waals surface area (Å²) in [5.41, 5.74) is 0.590. The lowest BCUT2D eigenvalue weighted by Crippen LogP contribution is -2.52. The molecule has 1 aromatic heterocycles. The second-order valence-electron chi connectivity index (χ2n) is 8.44. The number of piperidine rings is 1. The number of rotatable bonds is 4. The number of nitrogens with zero attached hydrogens (tertiary/aromatic N) is 3. The molecule has 3 saturated heterocycles. The molecular formula is C19H29N3O3S2. The van der Waals surface area contributed by atoms with E-state index in [1.165, 1.54) is 11.8 Å². The van der Waals surface area contributed by atoms with E-state index in [2.05, 4.69) is 21.7 Å². The van der Waals surface area contributed by atoms with Crippen molar-refractivity contribution in [2.24, 2.45) is 10.8 Å². The first-order chi connectivity index (χ1) is 12.8. The summed E-state index contributed by atoms with van der Waals surface area (Å²) in [4.78, 5) is 17.7. The predicted molar refractivity (Wildman–Crippen MR) is 107 cm³/mol. The molecule has 0 bridgehead atoms. The first kappa shape index (κ1) is 19.4. The average Bonchev–Trinajstić information content (AvgIpc) is 3.32. The van der Waals surface area contributed by atoms with Gasteiger partial charge >= 0.3 is 0 Å². The molecule has 0 aromatic carbocycles. The third kappa shape index (κ3) is 3.14. The second kappa shape index (κ2) is 6.83. The van der Waals surface area contributed by atoms with Gasteiger partial charge in [-0.3, -0.25) is 9.69 Å². The van der Waals surface area contributed by atoms with Crippen LogP contribution in [0.2, 0.25) is 0 Å². The third-order valence-corrected chi connectivity index (χ3v) is 9.02. The predicted octanol–water partition coefficient (Wildman–Crippen LogP) is 1.84. The van der Waals surface area contributed by atoms with Gasteiger partial charge in [0.15, 0.2) is 0 Å². The van der Waals surface area contributed by atoms with Crippen molar-refractivity contribution < 1.29 is 13.2 Å². The summed E-state index contributed by atoms with van der Waals surface area (Å²) < 4.78 is 26.2. The Labute approximate surface area is 166 Å². The van der Waals surface area contributed by atoms with Gasteiger partial charge in [0.05, 0.1) is 11.7 Å². The normalized spacial score (nSPS) is 29.4. The molecule has 4 rings (SSSR count). The maximum atomic E-state index is 13.3. The minimum absolute atomic E-state index is 0.183. The molecule has 1 atom stereocenters. The van der Waals surface area contributed by atoms with Gasteiger partial charge in [-0.05, 0) is 61.7 Å². The van der Waals surface area contributed by atoms with Gasteiger partial charge in [0, 0.05) is 38.1 Å². The number of fused-ring (bicyclic) bond motifs is 1. The molecule has 1 aromatic rings. The molecule has 27 heavy (non-hydrogen) atoms. The van der Waals surface area contributed by atoms with Crippen molar-refractivity contribution in [1.82, 2.24) is 14.1 Å². The largest absolute Gasteiger partial charge is 0.342 e. The Kier molecular flexibility index (Phi) is 4.90. The first-order valence-electron chi connectivity index (χ1n) is 9.78. The second-order valence-corrected chi connectivity index (χ2v) is 11.2. The number of carbonyl (C=O) groups is 1. The van der Waals surface area contributed by atoms with Crippen LogP contribution in [0.4, 0.5) is 0 Å². The molecule has 3 fully saturated rings. The van der Waals surface area contributed by atoms with Gasteiger partial charge in [-0.2, -0.15) is 11.3 Å². The highest BCUT2D eigenvalue weighted by molar-refractivity contribution is 7.88. The van der Waals surface area contributed by atoms with Crippen LogP contribution in [0.1, 0.15) is 31.7 Å². The summed E-state index contributed by atoms with van der Waals surface area (Å²) in [5.74, 6) is 0.183. The van der Waals surface area contributed by atoms with Gasteiger partial charge in [-0.25, -0.2) is 12.7 Å². The summed E-state index contributed by atoms with van der Waals surface area (Å²) in [6, 6.07) is 2.16. The maximum Gasteiger partial charge on any atom is 0.230 e. The van der Waals surface area contributed by atoms with Gasteiger partial charge in [0.2, 0.25) is 15.9 Å². The van der Waals surface area contributed by atoms with E-state index < -0.39 is 15.4 Å². The molecule has 0 saturated carbocycles. The summed E-state index contributed by atoms with van der Waals surface area (Å²) >= 11 is 1.72. The molecule has 0 aliphatic carbocycles. The minimum Gasteiger partial charge on any atom is -0.342 e. The van der Waals surface area contributed by atoms with Crippen LogP contribution >= 0.6 is 11.3 Å². The highest BCUT2D eigenvalue weighted by Crippen LogP contribution is 2.58.